The van der Waals surface area contributed by atoms with Gasteiger partial charge in [0.1, 0.15) is 5.82 Å². The predicted octanol–water partition coefficient (Wildman–Crippen LogP) is 1.95. The summed E-state index contributed by atoms with van der Waals surface area (Å²) < 4.78 is 3.65. The highest BCUT2D eigenvalue weighted by Gasteiger charge is 2.13. The van der Waals surface area contributed by atoms with Gasteiger partial charge in [-0.2, -0.15) is 9.78 Å². The fourth-order valence-electron chi connectivity index (χ4n) is 3.10. The maximum absolute atomic E-state index is 4.69. The lowest BCUT2D eigenvalue weighted by Crippen LogP contribution is -2.02. The van der Waals surface area contributed by atoms with E-state index in [1.165, 1.54) is 5.56 Å². The summed E-state index contributed by atoms with van der Waals surface area (Å²) in [6.07, 6.45) is 8.11. The van der Waals surface area contributed by atoms with Gasteiger partial charge in [-0.1, -0.05) is 11.3 Å². The Hall–Kier alpha value is -3.42. The summed E-state index contributed by atoms with van der Waals surface area (Å²) in [7, 11) is 0. The van der Waals surface area contributed by atoms with Crippen LogP contribution in [0.5, 0.6) is 0 Å². The van der Waals surface area contributed by atoms with Crippen LogP contribution in [0.4, 0.5) is 0 Å². The summed E-state index contributed by atoms with van der Waals surface area (Å²) in [5.74, 6) is 0.722. The highest BCUT2D eigenvalue weighted by atomic mass is 15.4. The minimum Gasteiger partial charge on any atom is -0.288 e. The lowest BCUT2D eigenvalue weighted by atomic mass is 10.1. The number of aliphatic imine (C=N–C) groups is 1. The van der Waals surface area contributed by atoms with E-state index < -0.39 is 0 Å². The average Bonchev–Trinajstić information content (AvgIpc) is 3.40. The maximum Gasteiger partial charge on any atom is 0.187 e. The van der Waals surface area contributed by atoms with Crippen molar-refractivity contribution in [3.05, 3.63) is 59.3 Å². The summed E-state index contributed by atoms with van der Waals surface area (Å²) in [5, 5.41) is 12.8. The molecule has 1 aromatic carbocycles. The molecular formula is C18H16N8. The Labute approximate surface area is 149 Å². The largest absolute Gasteiger partial charge is 0.288 e. The Bertz CT molecular complexity index is 1140. The van der Waals surface area contributed by atoms with E-state index in [-0.39, 0.29) is 0 Å². The fourth-order valence-corrected chi connectivity index (χ4v) is 3.10. The first-order chi connectivity index (χ1) is 12.8. The van der Waals surface area contributed by atoms with Crippen molar-refractivity contribution >= 4 is 17.4 Å². The standard InChI is InChI=1S/C18H16N8/c1-2-25-11-12(7-21-25)5-17-20-10-16-18(22-17)26(24-23-16)15-4-3-13-8-19-9-14(13)6-15/h3-4,6-7,9-11H,2,5,8H2,1H3. The van der Waals surface area contributed by atoms with E-state index in [1.807, 2.05) is 29.4 Å². The average molecular weight is 344 g/mol. The zero-order valence-corrected chi connectivity index (χ0v) is 14.2. The molecule has 0 saturated heterocycles. The normalized spacial score (nSPS) is 12.8. The number of hydrogen-bond donors (Lipinski definition) is 0. The molecule has 0 radical (unpaired) electrons. The summed E-state index contributed by atoms with van der Waals surface area (Å²) in [5.41, 5.74) is 5.72. The molecule has 0 bridgehead atoms. The summed E-state index contributed by atoms with van der Waals surface area (Å²) in [6, 6.07) is 6.16. The molecule has 0 aliphatic carbocycles. The Kier molecular flexibility index (Phi) is 3.34. The molecule has 0 atom stereocenters. The van der Waals surface area contributed by atoms with Gasteiger partial charge in [0, 0.05) is 25.4 Å². The fraction of sp³-hybridized carbons (Fsp3) is 0.222. The highest BCUT2D eigenvalue weighted by molar-refractivity contribution is 5.85. The molecule has 0 amide bonds. The van der Waals surface area contributed by atoms with Crippen molar-refractivity contribution in [1.82, 2.24) is 34.7 Å². The van der Waals surface area contributed by atoms with Crippen LogP contribution in [-0.2, 0) is 19.5 Å². The smallest absolute Gasteiger partial charge is 0.187 e. The van der Waals surface area contributed by atoms with E-state index in [0.717, 1.165) is 35.7 Å². The van der Waals surface area contributed by atoms with Crippen molar-refractivity contribution in [2.45, 2.75) is 26.4 Å². The topological polar surface area (TPSA) is 86.7 Å². The van der Waals surface area contributed by atoms with Gasteiger partial charge in [-0.3, -0.25) is 9.67 Å². The Morgan fingerprint density at radius 2 is 2.15 bits per heavy atom. The van der Waals surface area contributed by atoms with Gasteiger partial charge in [-0.05, 0) is 35.7 Å². The van der Waals surface area contributed by atoms with Crippen molar-refractivity contribution < 1.29 is 0 Å². The molecule has 26 heavy (non-hydrogen) atoms. The third kappa shape index (κ3) is 2.46. The van der Waals surface area contributed by atoms with Crippen molar-refractivity contribution in [3.8, 4) is 5.69 Å². The number of hydrogen-bond acceptors (Lipinski definition) is 6. The molecule has 1 aliphatic heterocycles. The second kappa shape index (κ2) is 5.83. The van der Waals surface area contributed by atoms with Crippen LogP contribution in [-0.4, -0.2) is 41.0 Å². The van der Waals surface area contributed by atoms with Crippen molar-refractivity contribution in [2.24, 2.45) is 4.99 Å². The molecule has 0 fully saturated rings. The van der Waals surface area contributed by atoms with Crippen molar-refractivity contribution in [1.29, 1.82) is 0 Å². The highest BCUT2D eigenvalue weighted by Crippen LogP contribution is 2.20. The lowest BCUT2D eigenvalue weighted by molar-refractivity contribution is 0.659. The van der Waals surface area contributed by atoms with E-state index in [1.54, 1.807) is 10.9 Å². The zero-order valence-electron chi connectivity index (χ0n) is 14.2. The summed E-state index contributed by atoms with van der Waals surface area (Å²) in [6.45, 7) is 3.65. The van der Waals surface area contributed by atoms with Crippen LogP contribution in [0, 0.1) is 0 Å². The van der Waals surface area contributed by atoms with E-state index in [2.05, 4.69) is 44.4 Å². The number of benzene rings is 1. The first-order valence-corrected chi connectivity index (χ1v) is 8.52. The van der Waals surface area contributed by atoms with Crippen LogP contribution in [0.25, 0.3) is 16.9 Å². The van der Waals surface area contributed by atoms with Gasteiger partial charge >= 0.3 is 0 Å². The van der Waals surface area contributed by atoms with Crippen molar-refractivity contribution in [3.63, 3.8) is 0 Å². The molecule has 8 nitrogen and oxygen atoms in total. The maximum atomic E-state index is 4.69. The molecule has 5 rings (SSSR count). The quantitative estimate of drug-likeness (QED) is 0.565. The van der Waals surface area contributed by atoms with Crippen LogP contribution in [0.15, 0.2) is 41.8 Å². The van der Waals surface area contributed by atoms with Crippen LogP contribution in [0.1, 0.15) is 29.4 Å². The van der Waals surface area contributed by atoms with Gasteiger partial charge in [-0.25, -0.2) is 9.97 Å². The molecule has 4 heterocycles. The van der Waals surface area contributed by atoms with E-state index in [4.69, 9.17) is 4.98 Å². The van der Waals surface area contributed by atoms with Gasteiger partial charge < -0.3 is 0 Å². The molecule has 0 N–H and O–H groups in total. The first-order valence-electron chi connectivity index (χ1n) is 8.52. The van der Waals surface area contributed by atoms with Gasteiger partial charge in [-0.15, -0.1) is 5.10 Å². The van der Waals surface area contributed by atoms with Gasteiger partial charge in [0.05, 0.1) is 24.6 Å². The second-order valence-corrected chi connectivity index (χ2v) is 6.23. The molecule has 0 saturated carbocycles. The predicted molar refractivity (Wildman–Crippen MR) is 96.5 cm³/mol. The molecule has 8 heteroatoms. The SMILES string of the molecule is CCn1cc(Cc2ncc3nnn(-c4ccc5c(c4)C=NC5)c3n2)cn1. The molecule has 4 aromatic rings. The summed E-state index contributed by atoms with van der Waals surface area (Å²) >= 11 is 0. The van der Waals surface area contributed by atoms with Crippen LogP contribution in [0.2, 0.25) is 0 Å². The lowest BCUT2D eigenvalue weighted by Gasteiger charge is -2.05. The van der Waals surface area contributed by atoms with Gasteiger partial charge in [0.15, 0.2) is 11.2 Å². The third-order valence-electron chi connectivity index (χ3n) is 4.48. The minimum absolute atomic E-state index is 0.623. The first kappa shape index (κ1) is 14.9. The van der Waals surface area contributed by atoms with E-state index in [9.17, 15) is 0 Å². The minimum atomic E-state index is 0.623. The van der Waals surface area contributed by atoms with E-state index >= 15 is 0 Å². The number of nitrogens with zero attached hydrogens (tertiary/aromatic N) is 8. The summed E-state index contributed by atoms with van der Waals surface area (Å²) in [4.78, 5) is 13.4. The Morgan fingerprint density at radius 1 is 1.19 bits per heavy atom. The Morgan fingerprint density at radius 3 is 3.04 bits per heavy atom. The van der Waals surface area contributed by atoms with Crippen LogP contribution in [0.3, 0.4) is 0 Å². The second-order valence-electron chi connectivity index (χ2n) is 6.23. The van der Waals surface area contributed by atoms with Gasteiger partial charge in [0.2, 0.25) is 0 Å². The number of rotatable bonds is 4. The van der Waals surface area contributed by atoms with Crippen LogP contribution >= 0.6 is 0 Å². The number of aryl methyl sites for hydroxylation is 1. The van der Waals surface area contributed by atoms with Crippen molar-refractivity contribution in [2.75, 3.05) is 0 Å². The van der Waals surface area contributed by atoms with Crippen LogP contribution < -0.4 is 0 Å². The molecule has 1 aliphatic rings. The molecule has 0 unspecified atom stereocenters. The van der Waals surface area contributed by atoms with E-state index in [0.29, 0.717) is 17.6 Å². The zero-order chi connectivity index (χ0) is 17.5. The number of fused-ring (bicyclic) bond motifs is 2. The monoisotopic (exact) mass is 344 g/mol. The number of aromatic nitrogens is 7. The van der Waals surface area contributed by atoms with Gasteiger partial charge in [0.25, 0.3) is 0 Å². The third-order valence-corrected chi connectivity index (χ3v) is 4.48. The molecular weight excluding hydrogens is 328 g/mol. The molecule has 0 spiro atoms. The Balaban J connectivity index is 1.53. The molecule has 3 aromatic heterocycles. The molecule has 128 valence electrons.